The lowest BCUT2D eigenvalue weighted by molar-refractivity contribution is 0.200. The van der Waals surface area contributed by atoms with Crippen molar-refractivity contribution in [3.63, 3.8) is 0 Å². The second-order valence-electron chi connectivity index (χ2n) is 5.08. The zero-order valence-electron chi connectivity index (χ0n) is 10.8. The second-order valence-corrected chi connectivity index (χ2v) is 5.86. The number of nitrogens with one attached hydrogen (secondary N) is 1. The van der Waals surface area contributed by atoms with E-state index in [1.54, 1.807) is 6.07 Å². The Morgan fingerprint density at radius 2 is 2.16 bits per heavy atom. The summed E-state index contributed by atoms with van der Waals surface area (Å²) in [5.41, 5.74) is 6.79. The van der Waals surface area contributed by atoms with Crippen LogP contribution in [0.3, 0.4) is 0 Å². The highest BCUT2D eigenvalue weighted by molar-refractivity contribution is 6.42. The molecule has 0 aliphatic heterocycles. The maximum atomic E-state index is 9.37. The predicted octanol–water partition coefficient (Wildman–Crippen LogP) is 2.74. The molecule has 3 atom stereocenters. The first-order valence-corrected chi connectivity index (χ1v) is 7.43. The Morgan fingerprint density at radius 3 is 2.84 bits per heavy atom. The topological polar surface area (TPSA) is 58.3 Å². The Bertz CT molecular complexity index is 428. The molecule has 0 amide bonds. The number of hydrogen-bond donors (Lipinski definition) is 3. The average Bonchev–Trinajstić information content (AvgIpc) is 2.87. The van der Waals surface area contributed by atoms with E-state index in [4.69, 9.17) is 28.9 Å². The van der Waals surface area contributed by atoms with Gasteiger partial charge in [0.2, 0.25) is 0 Å². The van der Waals surface area contributed by atoms with Crippen molar-refractivity contribution < 1.29 is 5.11 Å². The molecule has 0 heterocycles. The van der Waals surface area contributed by atoms with E-state index >= 15 is 0 Å². The Balaban J connectivity index is 2.14. The van der Waals surface area contributed by atoms with Gasteiger partial charge in [-0.25, -0.2) is 0 Å². The SMILES string of the molecule is NCC(NC1CCCC1CO)c1cccc(Cl)c1Cl. The van der Waals surface area contributed by atoms with Crippen molar-refractivity contribution in [2.75, 3.05) is 13.2 Å². The molecular weight excluding hydrogens is 283 g/mol. The first-order chi connectivity index (χ1) is 9.17. The molecule has 1 saturated carbocycles. The third-order valence-corrected chi connectivity index (χ3v) is 4.73. The highest BCUT2D eigenvalue weighted by Gasteiger charge is 2.29. The third-order valence-electron chi connectivity index (χ3n) is 3.90. The van der Waals surface area contributed by atoms with Crippen molar-refractivity contribution in [2.24, 2.45) is 11.7 Å². The van der Waals surface area contributed by atoms with Gasteiger partial charge >= 0.3 is 0 Å². The van der Waals surface area contributed by atoms with Gasteiger partial charge in [-0.15, -0.1) is 0 Å². The molecule has 1 fully saturated rings. The Labute approximate surface area is 124 Å². The van der Waals surface area contributed by atoms with Crippen LogP contribution >= 0.6 is 23.2 Å². The normalized spacial score (nSPS) is 24.6. The molecule has 0 radical (unpaired) electrons. The molecule has 3 unspecified atom stereocenters. The molecule has 0 saturated heterocycles. The summed E-state index contributed by atoms with van der Waals surface area (Å²) in [6.45, 7) is 0.674. The van der Waals surface area contributed by atoms with Crippen LogP contribution in [0.2, 0.25) is 10.0 Å². The van der Waals surface area contributed by atoms with E-state index in [1.807, 2.05) is 12.1 Å². The molecule has 1 aliphatic carbocycles. The molecule has 5 heteroatoms. The molecular formula is C14H20Cl2N2O. The zero-order chi connectivity index (χ0) is 13.8. The number of nitrogens with two attached hydrogens (primary N) is 1. The van der Waals surface area contributed by atoms with Crippen molar-refractivity contribution in [3.8, 4) is 0 Å². The summed E-state index contributed by atoms with van der Waals surface area (Å²) in [6.07, 6.45) is 3.28. The van der Waals surface area contributed by atoms with Gasteiger partial charge < -0.3 is 16.2 Å². The van der Waals surface area contributed by atoms with Gasteiger partial charge in [-0.05, 0) is 30.4 Å². The first-order valence-electron chi connectivity index (χ1n) is 6.68. The van der Waals surface area contributed by atoms with E-state index in [0.29, 0.717) is 28.5 Å². The molecule has 3 nitrogen and oxygen atoms in total. The van der Waals surface area contributed by atoms with Crippen molar-refractivity contribution in [3.05, 3.63) is 33.8 Å². The monoisotopic (exact) mass is 302 g/mol. The van der Waals surface area contributed by atoms with Gasteiger partial charge in [0.1, 0.15) is 0 Å². The number of hydrogen-bond acceptors (Lipinski definition) is 3. The summed E-state index contributed by atoms with van der Waals surface area (Å²) >= 11 is 12.3. The van der Waals surface area contributed by atoms with Gasteiger partial charge in [0.25, 0.3) is 0 Å². The molecule has 0 aromatic heterocycles. The van der Waals surface area contributed by atoms with Crippen molar-refractivity contribution in [1.29, 1.82) is 0 Å². The second kappa shape index (κ2) is 6.91. The van der Waals surface area contributed by atoms with Gasteiger partial charge in [0.05, 0.1) is 10.0 Å². The van der Waals surface area contributed by atoms with E-state index in [0.717, 1.165) is 24.8 Å². The Kier molecular flexibility index (Phi) is 5.48. The van der Waals surface area contributed by atoms with Gasteiger partial charge in [0, 0.05) is 25.2 Å². The molecule has 0 bridgehead atoms. The number of aliphatic hydroxyl groups excluding tert-OH is 1. The van der Waals surface area contributed by atoms with Crippen LogP contribution < -0.4 is 11.1 Å². The van der Waals surface area contributed by atoms with E-state index in [9.17, 15) is 5.11 Å². The van der Waals surface area contributed by atoms with Gasteiger partial charge in [-0.2, -0.15) is 0 Å². The van der Waals surface area contributed by atoms with E-state index in [-0.39, 0.29) is 12.6 Å². The summed E-state index contributed by atoms with van der Waals surface area (Å²) in [4.78, 5) is 0. The minimum Gasteiger partial charge on any atom is -0.396 e. The van der Waals surface area contributed by atoms with Gasteiger partial charge in [-0.3, -0.25) is 0 Å². The average molecular weight is 303 g/mol. The summed E-state index contributed by atoms with van der Waals surface area (Å²) in [5.74, 6) is 0.312. The molecule has 106 valence electrons. The number of benzene rings is 1. The maximum absolute atomic E-state index is 9.37. The first kappa shape index (κ1) is 15.1. The van der Waals surface area contributed by atoms with Crippen molar-refractivity contribution in [2.45, 2.75) is 31.3 Å². The van der Waals surface area contributed by atoms with Crippen LogP contribution in [0.1, 0.15) is 30.9 Å². The fourth-order valence-corrected chi connectivity index (χ4v) is 3.25. The van der Waals surface area contributed by atoms with Crippen LogP contribution in [-0.4, -0.2) is 24.3 Å². The van der Waals surface area contributed by atoms with Gasteiger partial charge in [-0.1, -0.05) is 41.8 Å². The number of rotatable bonds is 5. The van der Waals surface area contributed by atoms with Crippen LogP contribution in [0, 0.1) is 5.92 Å². The van der Waals surface area contributed by atoms with Crippen LogP contribution in [0.4, 0.5) is 0 Å². The summed E-state index contributed by atoms with van der Waals surface area (Å²) in [7, 11) is 0. The number of aliphatic hydroxyl groups is 1. The summed E-state index contributed by atoms with van der Waals surface area (Å²) in [5, 5.41) is 14.0. The maximum Gasteiger partial charge on any atom is 0.0640 e. The zero-order valence-corrected chi connectivity index (χ0v) is 12.3. The molecule has 1 aliphatic rings. The minimum absolute atomic E-state index is 0.0247. The molecule has 2 rings (SSSR count). The minimum atomic E-state index is -0.0247. The van der Waals surface area contributed by atoms with Crippen molar-refractivity contribution in [1.82, 2.24) is 5.32 Å². The quantitative estimate of drug-likeness (QED) is 0.784. The van der Waals surface area contributed by atoms with Crippen LogP contribution in [0.5, 0.6) is 0 Å². The standard InChI is InChI=1S/C14H20Cl2N2O/c15-11-5-2-4-10(14(11)16)13(7-17)18-12-6-1-3-9(12)8-19/h2,4-5,9,12-13,18-19H,1,3,6-8,17H2. The predicted molar refractivity (Wildman–Crippen MR) is 79.6 cm³/mol. The molecule has 19 heavy (non-hydrogen) atoms. The van der Waals surface area contributed by atoms with E-state index in [2.05, 4.69) is 5.32 Å². The molecule has 4 N–H and O–H groups in total. The number of halogens is 2. The van der Waals surface area contributed by atoms with Crippen LogP contribution in [-0.2, 0) is 0 Å². The van der Waals surface area contributed by atoms with Crippen molar-refractivity contribution >= 4 is 23.2 Å². The largest absolute Gasteiger partial charge is 0.396 e. The highest BCUT2D eigenvalue weighted by Crippen LogP contribution is 2.32. The van der Waals surface area contributed by atoms with Crippen LogP contribution in [0.25, 0.3) is 0 Å². The summed E-state index contributed by atoms with van der Waals surface area (Å²) < 4.78 is 0. The third kappa shape index (κ3) is 3.41. The van der Waals surface area contributed by atoms with Gasteiger partial charge in [0.15, 0.2) is 0 Å². The fourth-order valence-electron chi connectivity index (χ4n) is 2.81. The lowest BCUT2D eigenvalue weighted by Gasteiger charge is -2.26. The molecule has 0 spiro atoms. The Hall–Kier alpha value is -0.320. The smallest absolute Gasteiger partial charge is 0.0640 e. The lowest BCUT2D eigenvalue weighted by atomic mass is 10.0. The highest BCUT2D eigenvalue weighted by atomic mass is 35.5. The molecule has 1 aromatic rings. The van der Waals surface area contributed by atoms with Crippen LogP contribution in [0.15, 0.2) is 18.2 Å². The van der Waals surface area contributed by atoms with E-state index in [1.165, 1.54) is 0 Å². The summed E-state index contributed by atoms with van der Waals surface area (Å²) in [6, 6.07) is 5.87. The molecule has 1 aromatic carbocycles. The Morgan fingerprint density at radius 1 is 1.37 bits per heavy atom. The lowest BCUT2D eigenvalue weighted by Crippen LogP contribution is -2.40. The fraction of sp³-hybridized carbons (Fsp3) is 0.571. The van der Waals surface area contributed by atoms with E-state index < -0.39 is 0 Å².